The molecule has 0 atom stereocenters. The fourth-order valence-electron chi connectivity index (χ4n) is 2.28. The Bertz CT molecular complexity index is 794. The zero-order valence-corrected chi connectivity index (χ0v) is 12.1. The van der Waals surface area contributed by atoms with Gasteiger partial charge in [0.05, 0.1) is 5.56 Å². The first kappa shape index (κ1) is 13.6. The summed E-state index contributed by atoms with van der Waals surface area (Å²) >= 11 is 6.27. The number of halogens is 2. The molecule has 0 fully saturated rings. The summed E-state index contributed by atoms with van der Waals surface area (Å²) in [5, 5.41) is 5.04. The van der Waals surface area contributed by atoms with Crippen molar-refractivity contribution in [1.29, 1.82) is 0 Å². The van der Waals surface area contributed by atoms with Gasteiger partial charge >= 0.3 is 0 Å². The predicted molar refractivity (Wildman–Crippen MR) is 83.5 cm³/mol. The van der Waals surface area contributed by atoms with Gasteiger partial charge in [-0.15, -0.1) is 0 Å². The molecule has 0 saturated carbocycles. The van der Waals surface area contributed by atoms with Gasteiger partial charge in [-0.3, -0.25) is 4.68 Å². The van der Waals surface area contributed by atoms with Crippen LogP contribution in [0.4, 0.5) is 10.2 Å². The van der Waals surface area contributed by atoms with Crippen molar-refractivity contribution < 1.29 is 4.39 Å². The molecule has 21 heavy (non-hydrogen) atoms. The van der Waals surface area contributed by atoms with E-state index in [0.717, 1.165) is 16.7 Å². The first-order valence-electron chi connectivity index (χ1n) is 6.41. The lowest BCUT2D eigenvalue weighted by Crippen LogP contribution is -1.98. The van der Waals surface area contributed by atoms with E-state index in [1.54, 1.807) is 29.9 Å². The zero-order chi connectivity index (χ0) is 15.0. The van der Waals surface area contributed by atoms with E-state index < -0.39 is 0 Å². The lowest BCUT2D eigenvalue weighted by molar-refractivity contribution is 0.628. The number of benzene rings is 2. The Hall–Kier alpha value is -2.33. The topological polar surface area (TPSA) is 43.8 Å². The van der Waals surface area contributed by atoms with Gasteiger partial charge < -0.3 is 5.73 Å². The van der Waals surface area contributed by atoms with E-state index in [4.69, 9.17) is 17.3 Å². The molecule has 0 spiro atoms. The van der Waals surface area contributed by atoms with Crippen LogP contribution >= 0.6 is 11.6 Å². The average molecular weight is 302 g/mol. The largest absolute Gasteiger partial charge is 0.383 e. The number of anilines is 1. The summed E-state index contributed by atoms with van der Waals surface area (Å²) in [5.41, 5.74) is 9.18. The zero-order valence-electron chi connectivity index (χ0n) is 11.3. The molecular formula is C16H13ClFN3. The van der Waals surface area contributed by atoms with E-state index in [-0.39, 0.29) is 5.82 Å². The van der Waals surface area contributed by atoms with E-state index >= 15 is 0 Å². The molecule has 0 unspecified atom stereocenters. The Balaban J connectivity index is 2.26. The first-order chi connectivity index (χ1) is 10.1. The van der Waals surface area contributed by atoms with E-state index in [2.05, 4.69) is 5.10 Å². The van der Waals surface area contributed by atoms with E-state index in [1.807, 2.05) is 18.2 Å². The molecule has 3 aromatic rings. The summed E-state index contributed by atoms with van der Waals surface area (Å²) in [6.07, 6.45) is 0. The monoisotopic (exact) mass is 301 g/mol. The number of nitrogen functional groups attached to an aromatic ring is 1. The van der Waals surface area contributed by atoms with Gasteiger partial charge in [-0.25, -0.2) is 4.39 Å². The highest BCUT2D eigenvalue weighted by Gasteiger charge is 2.19. The summed E-state index contributed by atoms with van der Waals surface area (Å²) in [4.78, 5) is 0. The van der Waals surface area contributed by atoms with Crippen molar-refractivity contribution in [3.63, 3.8) is 0 Å². The molecule has 5 heteroatoms. The smallest absolute Gasteiger partial charge is 0.129 e. The minimum absolute atomic E-state index is 0.290. The van der Waals surface area contributed by atoms with Crippen molar-refractivity contribution >= 4 is 17.4 Å². The quantitative estimate of drug-likeness (QED) is 0.773. The number of nitrogens with zero attached hydrogens (tertiary/aromatic N) is 2. The van der Waals surface area contributed by atoms with Crippen molar-refractivity contribution in [3.05, 3.63) is 59.4 Å². The van der Waals surface area contributed by atoms with Gasteiger partial charge in [0.15, 0.2) is 0 Å². The van der Waals surface area contributed by atoms with Crippen molar-refractivity contribution in [1.82, 2.24) is 9.78 Å². The summed E-state index contributed by atoms with van der Waals surface area (Å²) in [6.45, 7) is 0. The standard InChI is InChI=1S/C16H13ClFN3/c1-21-16(19)14(12-4-2-3-5-13(12)17)15(20-21)10-6-8-11(18)9-7-10/h2-9H,19H2,1H3. The lowest BCUT2D eigenvalue weighted by Gasteiger charge is -2.06. The molecule has 0 saturated heterocycles. The third-order valence-corrected chi connectivity index (χ3v) is 3.68. The fourth-order valence-corrected chi connectivity index (χ4v) is 2.51. The maximum Gasteiger partial charge on any atom is 0.129 e. The van der Waals surface area contributed by atoms with Crippen molar-refractivity contribution in [2.45, 2.75) is 0 Å². The van der Waals surface area contributed by atoms with Crippen LogP contribution in [-0.2, 0) is 7.05 Å². The van der Waals surface area contributed by atoms with Crippen LogP contribution in [0.5, 0.6) is 0 Å². The molecule has 0 aliphatic rings. The molecule has 2 N–H and O–H groups in total. The fraction of sp³-hybridized carbons (Fsp3) is 0.0625. The predicted octanol–water partition coefficient (Wildman–Crippen LogP) is 4.13. The lowest BCUT2D eigenvalue weighted by atomic mass is 10.0. The minimum atomic E-state index is -0.290. The summed E-state index contributed by atoms with van der Waals surface area (Å²) < 4.78 is 14.7. The van der Waals surface area contributed by atoms with Crippen molar-refractivity contribution in [3.8, 4) is 22.4 Å². The van der Waals surface area contributed by atoms with Crippen LogP contribution in [-0.4, -0.2) is 9.78 Å². The molecule has 3 rings (SSSR count). The maximum atomic E-state index is 13.1. The SMILES string of the molecule is Cn1nc(-c2ccc(F)cc2)c(-c2ccccc2Cl)c1N. The Kier molecular flexibility index (Phi) is 3.39. The Morgan fingerprint density at radius 2 is 1.76 bits per heavy atom. The molecule has 1 heterocycles. The second kappa shape index (κ2) is 5.22. The molecule has 0 bridgehead atoms. The first-order valence-corrected chi connectivity index (χ1v) is 6.79. The molecule has 0 aliphatic heterocycles. The molecule has 106 valence electrons. The Morgan fingerprint density at radius 1 is 1.10 bits per heavy atom. The van der Waals surface area contributed by atoms with Gasteiger partial charge in [0.1, 0.15) is 17.3 Å². The van der Waals surface area contributed by atoms with Gasteiger partial charge in [-0.2, -0.15) is 5.10 Å². The summed E-state index contributed by atoms with van der Waals surface area (Å²) in [5.74, 6) is 0.226. The third-order valence-electron chi connectivity index (χ3n) is 3.35. The van der Waals surface area contributed by atoms with Crippen LogP contribution in [0.15, 0.2) is 48.5 Å². The second-order valence-electron chi connectivity index (χ2n) is 4.72. The number of aromatic nitrogens is 2. The highest BCUT2D eigenvalue weighted by Crippen LogP contribution is 2.39. The maximum absolute atomic E-state index is 13.1. The highest BCUT2D eigenvalue weighted by atomic mass is 35.5. The summed E-state index contributed by atoms with van der Waals surface area (Å²) in [7, 11) is 1.77. The highest BCUT2D eigenvalue weighted by molar-refractivity contribution is 6.33. The van der Waals surface area contributed by atoms with E-state index in [9.17, 15) is 4.39 Å². The van der Waals surface area contributed by atoms with Crippen molar-refractivity contribution in [2.75, 3.05) is 5.73 Å². The molecule has 2 aromatic carbocycles. The number of nitrogens with two attached hydrogens (primary N) is 1. The van der Waals surface area contributed by atoms with Gasteiger partial charge in [0.25, 0.3) is 0 Å². The van der Waals surface area contributed by atoms with Gasteiger partial charge in [-0.05, 0) is 30.3 Å². The molecular weight excluding hydrogens is 289 g/mol. The van der Waals surface area contributed by atoms with Gasteiger partial charge in [-0.1, -0.05) is 29.8 Å². The van der Waals surface area contributed by atoms with Crippen LogP contribution in [0, 0.1) is 5.82 Å². The molecule has 1 aromatic heterocycles. The molecule has 0 aliphatic carbocycles. The van der Waals surface area contributed by atoms with Crippen LogP contribution in [0.2, 0.25) is 5.02 Å². The van der Waals surface area contributed by atoms with Gasteiger partial charge in [0, 0.05) is 23.2 Å². The van der Waals surface area contributed by atoms with Crippen LogP contribution in [0.3, 0.4) is 0 Å². The molecule has 0 amide bonds. The van der Waals surface area contributed by atoms with Gasteiger partial charge in [0.2, 0.25) is 0 Å². The number of aryl methyl sites for hydroxylation is 1. The third kappa shape index (κ3) is 2.38. The normalized spacial score (nSPS) is 10.8. The number of hydrogen-bond acceptors (Lipinski definition) is 2. The van der Waals surface area contributed by atoms with E-state index in [0.29, 0.717) is 16.5 Å². The second-order valence-corrected chi connectivity index (χ2v) is 5.13. The minimum Gasteiger partial charge on any atom is -0.383 e. The van der Waals surface area contributed by atoms with E-state index in [1.165, 1.54) is 12.1 Å². The van der Waals surface area contributed by atoms with Crippen LogP contribution in [0.1, 0.15) is 0 Å². The molecule has 3 nitrogen and oxygen atoms in total. The molecule has 0 radical (unpaired) electrons. The average Bonchev–Trinajstić information content (AvgIpc) is 2.77. The summed E-state index contributed by atoms with van der Waals surface area (Å²) in [6, 6.07) is 13.6. The van der Waals surface area contributed by atoms with Crippen LogP contribution in [0.25, 0.3) is 22.4 Å². The van der Waals surface area contributed by atoms with Crippen molar-refractivity contribution in [2.24, 2.45) is 7.05 Å². The Morgan fingerprint density at radius 3 is 2.43 bits per heavy atom. The Labute approximate surface area is 126 Å². The van der Waals surface area contributed by atoms with Crippen LogP contribution < -0.4 is 5.73 Å². The number of hydrogen-bond donors (Lipinski definition) is 1. The number of rotatable bonds is 2.